The molecule has 0 bridgehead atoms. The van der Waals surface area contributed by atoms with E-state index in [4.69, 9.17) is 5.26 Å². The fourth-order valence-electron chi connectivity index (χ4n) is 0.698. The Morgan fingerprint density at radius 2 is 2.07 bits per heavy atom. The van der Waals surface area contributed by atoms with Crippen molar-refractivity contribution in [2.24, 2.45) is 0 Å². The van der Waals surface area contributed by atoms with Crippen LogP contribution in [0.2, 0.25) is 0 Å². The van der Waals surface area contributed by atoms with Gasteiger partial charge in [-0.15, -0.1) is 13.2 Å². The van der Waals surface area contributed by atoms with Gasteiger partial charge in [0.2, 0.25) is 5.88 Å². The minimum absolute atomic E-state index is 0.530. The molecule has 0 aliphatic heterocycles. The Labute approximate surface area is 75.5 Å². The quantitative estimate of drug-likeness (QED) is 0.660. The maximum absolute atomic E-state index is 12.4. The predicted octanol–water partition coefficient (Wildman–Crippen LogP) is 1.99. The number of hydrogen-bond acceptors (Lipinski definition) is 3. The van der Waals surface area contributed by atoms with Crippen molar-refractivity contribution in [3.05, 3.63) is 23.6 Å². The summed E-state index contributed by atoms with van der Waals surface area (Å²) in [5.74, 6) is -1.86. The second-order valence-electron chi connectivity index (χ2n) is 2.17. The van der Waals surface area contributed by atoms with Crippen molar-refractivity contribution in [1.29, 1.82) is 5.26 Å². The van der Waals surface area contributed by atoms with E-state index in [1.807, 2.05) is 0 Å². The third-order valence-electron chi connectivity index (χ3n) is 1.15. The first-order valence-electron chi connectivity index (χ1n) is 3.24. The van der Waals surface area contributed by atoms with Gasteiger partial charge in [0.25, 0.3) is 0 Å². The lowest BCUT2D eigenvalue weighted by Crippen LogP contribution is -2.18. The molecule has 0 atom stereocenters. The molecule has 0 saturated heterocycles. The Balaban J connectivity index is 3.05. The lowest BCUT2D eigenvalue weighted by molar-refractivity contribution is -0.276. The van der Waals surface area contributed by atoms with E-state index in [1.165, 1.54) is 6.07 Å². The normalized spacial score (nSPS) is 10.8. The molecule has 0 radical (unpaired) electrons. The molecule has 0 fully saturated rings. The van der Waals surface area contributed by atoms with E-state index in [0.717, 1.165) is 0 Å². The van der Waals surface area contributed by atoms with Gasteiger partial charge in [0.05, 0.1) is 6.20 Å². The molecule has 14 heavy (non-hydrogen) atoms. The van der Waals surface area contributed by atoms with Crippen LogP contribution >= 0.6 is 0 Å². The number of pyridine rings is 1. The molecular formula is C7H2F4N2O. The first kappa shape index (κ1) is 10.2. The van der Waals surface area contributed by atoms with E-state index in [0.29, 0.717) is 12.3 Å². The standard InChI is InChI=1S/C7H2F4N2O/c8-5-1-4(2-12)6(13-3-5)14-7(9,10)11/h1,3H. The summed E-state index contributed by atoms with van der Waals surface area (Å²) in [7, 11) is 0. The average Bonchev–Trinajstić information content (AvgIpc) is 2.06. The van der Waals surface area contributed by atoms with Crippen molar-refractivity contribution >= 4 is 0 Å². The van der Waals surface area contributed by atoms with Crippen molar-refractivity contribution < 1.29 is 22.3 Å². The zero-order valence-electron chi connectivity index (χ0n) is 6.47. The number of ether oxygens (including phenoxy) is 1. The summed E-state index contributed by atoms with van der Waals surface area (Å²) >= 11 is 0. The molecule has 0 aliphatic carbocycles. The molecule has 0 unspecified atom stereocenters. The fourth-order valence-corrected chi connectivity index (χ4v) is 0.698. The zero-order valence-corrected chi connectivity index (χ0v) is 6.47. The molecule has 0 amide bonds. The van der Waals surface area contributed by atoms with Crippen LogP contribution in [-0.4, -0.2) is 11.3 Å². The number of alkyl halides is 3. The molecule has 74 valence electrons. The SMILES string of the molecule is N#Cc1cc(F)cnc1OC(F)(F)F. The Hall–Kier alpha value is -1.84. The van der Waals surface area contributed by atoms with Gasteiger partial charge in [-0.05, 0) is 6.07 Å². The Morgan fingerprint density at radius 3 is 2.57 bits per heavy atom. The van der Waals surface area contributed by atoms with E-state index < -0.39 is 23.6 Å². The van der Waals surface area contributed by atoms with Crippen molar-refractivity contribution in [2.45, 2.75) is 6.36 Å². The van der Waals surface area contributed by atoms with Crippen molar-refractivity contribution in [2.75, 3.05) is 0 Å². The van der Waals surface area contributed by atoms with Crippen LogP contribution in [0.15, 0.2) is 12.3 Å². The van der Waals surface area contributed by atoms with Crippen LogP contribution in [0.25, 0.3) is 0 Å². The molecular weight excluding hydrogens is 204 g/mol. The highest BCUT2D eigenvalue weighted by molar-refractivity contribution is 5.37. The monoisotopic (exact) mass is 206 g/mol. The Morgan fingerprint density at radius 1 is 1.43 bits per heavy atom. The minimum Gasteiger partial charge on any atom is -0.386 e. The van der Waals surface area contributed by atoms with Crippen LogP contribution in [0.1, 0.15) is 5.56 Å². The number of halogens is 4. The lowest BCUT2D eigenvalue weighted by atomic mass is 10.3. The molecule has 0 saturated carbocycles. The highest BCUT2D eigenvalue weighted by Crippen LogP contribution is 2.23. The fraction of sp³-hybridized carbons (Fsp3) is 0.143. The molecule has 0 aromatic carbocycles. The van der Waals surface area contributed by atoms with Crippen LogP contribution in [0, 0.1) is 17.1 Å². The van der Waals surface area contributed by atoms with E-state index in [1.54, 1.807) is 0 Å². The summed E-state index contributed by atoms with van der Waals surface area (Å²) in [6.45, 7) is 0. The largest absolute Gasteiger partial charge is 0.574 e. The Kier molecular flexibility index (Phi) is 2.56. The van der Waals surface area contributed by atoms with Gasteiger partial charge in [0.1, 0.15) is 17.4 Å². The van der Waals surface area contributed by atoms with Gasteiger partial charge in [-0.25, -0.2) is 9.37 Å². The third-order valence-corrected chi connectivity index (χ3v) is 1.15. The van der Waals surface area contributed by atoms with Crippen molar-refractivity contribution in [1.82, 2.24) is 4.98 Å². The summed E-state index contributed by atoms with van der Waals surface area (Å²) < 4.78 is 50.9. The number of nitriles is 1. The van der Waals surface area contributed by atoms with Gasteiger partial charge in [0.15, 0.2) is 0 Å². The van der Waals surface area contributed by atoms with Crippen molar-refractivity contribution in [3.8, 4) is 11.9 Å². The van der Waals surface area contributed by atoms with Crippen molar-refractivity contribution in [3.63, 3.8) is 0 Å². The molecule has 0 aliphatic rings. The van der Waals surface area contributed by atoms with Gasteiger partial charge in [0, 0.05) is 0 Å². The predicted molar refractivity (Wildman–Crippen MR) is 35.6 cm³/mol. The number of nitrogens with zero attached hydrogens (tertiary/aromatic N) is 2. The second kappa shape index (κ2) is 3.49. The van der Waals surface area contributed by atoms with E-state index in [-0.39, 0.29) is 0 Å². The molecule has 0 spiro atoms. The molecule has 0 N–H and O–H groups in total. The van der Waals surface area contributed by atoms with Crippen LogP contribution in [0.3, 0.4) is 0 Å². The highest BCUT2D eigenvalue weighted by atomic mass is 19.4. The Bertz CT molecular complexity index is 382. The van der Waals surface area contributed by atoms with E-state index in [9.17, 15) is 17.6 Å². The smallest absolute Gasteiger partial charge is 0.386 e. The minimum atomic E-state index is -4.95. The van der Waals surface area contributed by atoms with Crippen LogP contribution in [0.5, 0.6) is 5.88 Å². The first-order chi connectivity index (χ1) is 6.42. The summed E-state index contributed by atoms with van der Waals surface area (Å²) in [6.07, 6.45) is -4.42. The molecule has 3 nitrogen and oxygen atoms in total. The zero-order chi connectivity index (χ0) is 10.8. The molecule has 1 rings (SSSR count). The van der Waals surface area contributed by atoms with E-state index >= 15 is 0 Å². The van der Waals surface area contributed by atoms with Gasteiger partial charge in [-0.2, -0.15) is 5.26 Å². The maximum Gasteiger partial charge on any atom is 0.574 e. The third kappa shape index (κ3) is 2.58. The van der Waals surface area contributed by atoms with Crippen LogP contribution in [0.4, 0.5) is 17.6 Å². The molecule has 1 aromatic rings. The van der Waals surface area contributed by atoms with E-state index in [2.05, 4.69) is 9.72 Å². The summed E-state index contributed by atoms with van der Waals surface area (Å²) in [4.78, 5) is 2.99. The van der Waals surface area contributed by atoms with Gasteiger partial charge in [-0.3, -0.25) is 0 Å². The van der Waals surface area contributed by atoms with Gasteiger partial charge in [-0.1, -0.05) is 0 Å². The average molecular weight is 206 g/mol. The summed E-state index contributed by atoms with van der Waals surface area (Å²) in [6, 6.07) is 1.94. The summed E-state index contributed by atoms with van der Waals surface area (Å²) in [5.41, 5.74) is -0.609. The lowest BCUT2D eigenvalue weighted by Gasteiger charge is -2.08. The number of aromatic nitrogens is 1. The summed E-state index contributed by atoms with van der Waals surface area (Å²) in [5, 5.41) is 8.34. The maximum atomic E-state index is 12.4. The topological polar surface area (TPSA) is 45.9 Å². The first-order valence-corrected chi connectivity index (χ1v) is 3.24. The number of rotatable bonds is 1. The van der Waals surface area contributed by atoms with Crippen LogP contribution in [-0.2, 0) is 0 Å². The molecule has 7 heteroatoms. The molecule has 1 heterocycles. The van der Waals surface area contributed by atoms with Gasteiger partial charge < -0.3 is 4.74 Å². The molecule has 1 aromatic heterocycles. The number of hydrogen-bond donors (Lipinski definition) is 0. The van der Waals surface area contributed by atoms with Gasteiger partial charge >= 0.3 is 6.36 Å². The van der Waals surface area contributed by atoms with Crippen LogP contribution < -0.4 is 4.74 Å². The second-order valence-corrected chi connectivity index (χ2v) is 2.17. The highest BCUT2D eigenvalue weighted by Gasteiger charge is 2.33.